The van der Waals surface area contributed by atoms with Gasteiger partial charge >= 0.3 is 6.03 Å². The van der Waals surface area contributed by atoms with E-state index in [4.69, 9.17) is 4.74 Å². The number of carbonyl (C=O) groups is 2. The van der Waals surface area contributed by atoms with Crippen molar-refractivity contribution in [2.45, 2.75) is 57.3 Å². The standard InChI is InChI=1S/C30H36N6O3/c1-30(2)26-25(27(33-32-26)31-28(37)21-11-13-24(39-3)14-12-21)19-36(30)29(38)35-18-22-10-7-15-34(22)17-23(35)16-20-8-5-4-6-9-20/h4-6,8-9,11-14,22-23H,7,10,15-19H2,1-3H3,(H2,31,32,33,37)/t22-,23-/m0/s1. The summed E-state index contributed by atoms with van der Waals surface area (Å²) in [5.41, 5.74) is 2.88. The Labute approximate surface area is 229 Å². The van der Waals surface area contributed by atoms with E-state index in [1.54, 1.807) is 31.4 Å². The Morgan fingerprint density at radius 2 is 1.87 bits per heavy atom. The van der Waals surface area contributed by atoms with Gasteiger partial charge in [-0.3, -0.25) is 14.8 Å². The molecule has 9 nitrogen and oxygen atoms in total. The highest BCUT2D eigenvalue weighted by Gasteiger charge is 2.48. The SMILES string of the molecule is COc1ccc(C(=O)Nc2n[nH]c3c2CN(C(=O)N2C[C@@H]4CCCN4C[C@@H]2Cc2ccccc2)C3(C)C)cc1. The molecule has 3 aliphatic rings. The Morgan fingerprint density at radius 1 is 1.10 bits per heavy atom. The maximum Gasteiger partial charge on any atom is 0.321 e. The molecule has 0 radical (unpaired) electrons. The zero-order valence-corrected chi connectivity index (χ0v) is 22.8. The first-order valence-electron chi connectivity index (χ1n) is 13.7. The van der Waals surface area contributed by atoms with E-state index >= 15 is 0 Å². The van der Waals surface area contributed by atoms with Crippen LogP contribution in [0.15, 0.2) is 54.6 Å². The number of ether oxygens (including phenoxy) is 1. The summed E-state index contributed by atoms with van der Waals surface area (Å²) in [6.45, 7) is 7.23. The average molecular weight is 529 g/mol. The molecular weight excluding hydrogens is 492 g/mol. The van der Waals surface area contributed by atoms with Gasteiger partial charge in [-0.1, -0.05) is 30.3 Å². The second-order valence-corrected chi connectivity index (χ2v) is 11.3. The molecule has 0 aliphatic carbocycles. The van der Waals surface area contributed by atoms with Gasteiger partial charge in [0.25, 0.3) is 5.91 Å². The van der Waals surface area contributed by atoms with Gasteiger partial charge in [0.2, 0.25) is 0 Å². The number of hydrogen-bond donors (Lipinski definition) is 2. The smallest absolute Gasteiger partial charge is 0.321 e. The predicted molar refractivity (Wildman–Crippen MR) is 149 cm³/mol. The van der Waals surface area contributed by atoms with Crippen LogP contribution in [0.4, 0.5) is 10.6 Å². The topological polar surface area (TPSA) is 93.8 Å². The molecule has 3 aliphatic heterocycles. The van der Waals surface area contributed by atoms with E-state index in [0.29, 0.717) is 29.7 Å². The molecule has 0 saturated carbocycles. The number of H-pyrrole nitrogens is 1. The number of fused-ring (bicyclic) bond motifs is 2. The van der Waals surface area contributed by atoms with Gasteiger partial charge in [0.05, 0.1) is 30.9 Å². The lowest BCUT2D eigenvalue weighted by Crippen LogP contribution is -2.62. The summed E-state index contributed by atoms with van der Waals surface area (Å²) in [6, 6.07) is 18.0. The van der Waals surface area contributed by atoms with Crippen molar-refractivity contribution in [3.63, 3.8) is 0 Å². The van der Waals surface area contributed by atoms with Crippen LogP contribution in [0.3, 0.4) is 0 Å². The maximum absolute atomic E-state index is 14.3. The Kier molecular flexibility index (Phi) is 6.54. The lowest BCUT2D eigenvalue weighted by molar-refractivity contribution is 0.0400. The molecule has 6 rings (SSSR count). The van der Waals surface area contributed by atoms with Gasteiger partial charge in [0.15, 0.2) is 5.82 Å². The number of aromatic amines is 1. The zero-order chi connectivity index (χ0) is 27.1. The third kappa shape index (κ3) is 4.65. The van der Waals surface area contributed by atoms with Crippen LogP contribution in [0.5, 0.6) is 5.75 Å². The average Bonchev–Trinajstić information content (AvgIpc) is 3.64. The number of hydrogen-bond acceptors (Lipinski definition) is 5. The van der Waals surface area contributed by atoms with Crippen molar-refractivity contribution in [3.05, 3.63) is 77.0 Å². The number of carbonyl (C=O) groups excluding carboxylic acids is 2. The molecule has 0 unspecified atom stereocenters. The first-order valence-corrected chi connectivity index (χ1v) is 13.7. The Balaban J connectivity index is 1.22. The summed E-state index contributed by atoms with van der Waals surface area (Å²) < 4.78 is 5.19. The number of nitrogens with zero attached hydrogens (tertiary/aromatic N) is 4. The van der Waals surface area contributed by atoms with Gasteiger partial charge in [-0.15, -0.1) is 0 Å². The summed E-state index contributed by atoms with van der Waals surface area (Å²) in [7, 11) is 1.59. The van der Waals surface area contributed by atoms with Crippen LogP contribution >= 0.6 is 0 Å². The van der Waals surface area contributed by atoms with E-state index in [1.807, 2.05) is 24.8 Å². The molecule has 0 spiro atoms. The van der Waals surface area contributed by atoms with Gasteiger partial charge < -0.3 is 19.9 Å². The number of piperazine rings is 1. The van der Waals surface area contributed by atoms with Crippen molar-refractivity contribution >= 4 is 17.8 Å². The first-order chi connectivity index (χ1) is 18.8. The fourth-order valence-electron chi connectivity index (χ4n) is 6.39. The first kappa shape index (κ1) is 25.4. The van der Waals surface area contributed by atoms with E-state index in [1.165, 1.54) is 12.0 Å². The van der Waals surface area contributed by atoms with Crippen molar-refractivity contribution < 1.29 is 14.3 Å². The van der Waals surface area contributed by atoms with Gasteiger partial charge in [0, 0.05) is 30.3 Å². The Morgan fingerprint density at radius 3 is 2.62 bits per heavy atom. The third-order valence-corrected chi connectivity index (χ3v) is 8.64. The van der Waals surface area contributed by atoms with Crippen LogP contribution < -0.4 is 10.1 Å². The molecule has 2 fully saturated rings. The number of rotatable bonds is 5. The number of amides is 3. The van der Waals surface area contributed by atoms with Gasteiger partial charge in [-0.2, -0.15) is 5.10 Å². The lowest BCUT2D eigenvalue weighted by atomic mass is 9.99. The van der Waals surface area contributed by atoms with Crippen molar-refractivity contribution in [2.24, 2.45) is 0 Å². The van der Waals surface area contributed by atoms with E-state index in [9.17, 15) is 9.59 Å². The summed E-state index contributed by atoms with van der Waals surface area (Å²) in [5, 5.41) is 10.5. The number of nitrogens with one attached hydrogen (secondary N) is 2. The van der Waals surface area contributed by atoms with Crippen LogP contribution in [-0.2, 0) is 18.5 Å². The van der Waals surface area contributed by atoms with Crippen molar-refractivity contribution in [1.29, 1.82) is 0 Å². The molecular formula is C30H36N6O3. The number of urea groups is 1. The second kappa shape index (κ2) is 10.0. The molecule has 4 heterocycles. The normalized spacial score (nSPS) is 21.9. The monoisotopic (exact) mass is 528 g/mol. The number of methoxy groups -OCH3 is 1. The lowest BCUT2D eigenvalue weighted by Gasteiger charge is -2.46. The third-order valence-electron chi connectivity index (χ3n) is 8.64. The zero-order valence-electron chi connectivity index (χ0n) is 22.8. The molecule has 2 atom stereocenters. The molecule has 9 heteroatoms. The maximum atomic E-state index is 14.3. The summed E-state index contributed by atoms with van der Waals surface area (Å²) >= 11 is 0. The van der Waals surface area contributed by atoms with Crippen LogP contribution in [0, 0.1) is 0 Å². The van der Waals surface area contributed by atoms with Crippen molar-refractivity contribution in [3.8, 4) is 5.75 Å². The van der Waals surface area contributed by atoms with Gasteiger partial charge in [-0.25, -0.2) is 4.79 Å². The highest BCUT2D eigenvalue weighted by molar-refractivity contribution is 6.04. The molecule has 2 saturated heterocycles. The van der Waals surface area contributed by atoms with E-state index in [0.717, 1.165) is 43.7 Å². The molecule has 3 amide bonds. The van der Waals surface area contributed by atoms with Crippen molar-refractivity contribution in [1.82, 2.24) is 24.9 Å². The minimum Gasteiger partial charge on any atom is -0.497 e. The summed E-state index contributed by atoms with van der Waals surface area (Å²) in [4.78, 5) is 33.8. The fraction of sp³-hybridized carbons (Fsp3) is 0.433. The summed E-state index contributed by atoms with van der Waals surface area (Å²) in [5.74, 6) is 0.901. The molecule has 2 N–H and O–H groups in total. The molecule has 204 valence electrons. The van der Waals surface area contributed by atoms with Crippen molar-refractivity contribution in [2.75, 3.05) is 32.1 Å². The van der Waals surface area contributed by atoms with Crippen LogP contribution in [0.1, 0.15) is 53.9 Å². The molecule has 2 aromatic carbocycles. The molecule has 0 bridgehead atoms. The molecule has 3 aromatic rings. The fourth-order valence-corrected chi connectivity index (χ4v) is 6.39. The quantitative estimate of drug-likeness (QED) is 0.517. The molecule has 1 aromatic heterocycles. The largest absolute Gasteiger partial charge is 0.497 e. The van der Waals surface area contributed by atoms with Crippen LogP contribution in [0.25, 0.3) is 0 Å². The van der Waals surface area contributed by atoms with Gasteiger partial charge in [0.1, 0.15) is 5.75 Å². The van der Waals surface area contributed by atoms with Crippen LogP contribution in [0.2, 0.25) is 0 Å². The van der Waals surface area contributed by atoms with Crippen LogP contribution in [-0.4, -0.2) is 75.7 Å². The molecule has 39 heavy (non-hydrogen) atoms. The van der Waals surface area contributed by atoms with E-state index in [2.05, 4.69) is 49.6 Å². The highest BCUT2D eigenvalue weighted by atomic mass is 16.5. The minimum absolute atomic E-state index is 0.0458. The number of benzene rings is 2. The number of anilines is 1. The van der Waals surface area contributed by atoms with Gasteiger partial charge in [-0.05, 0) is 69.5 Å². The Bertz CT molecular complexity index is 1350. The van der Waals surface area contributed by atoms with E-state index in [-0.39, 0.29) is 18.0 Å². The highest BCUT2D eigenvalue weighted by Crippen LogP contribution is 2.42. The minimum atomic E-state index is -0.591. The number of aromatic nitrogens is 2. The summed E-state index contributed by atoms with van der Waals surface area (Å²) in [6.07, 6.45) is 3.16. The Hall–Kier alpha value is -3.85. The second-order valence-electron chi connectivity index (χ2n) is 11.3. The predicted octanol–water partition coefficient (Wildman–Crippen LogP) is 4.23. The van der Waals surface area contributed by atoms with E-state index < -0.39 is 5.54 Å².